The molecule has 2 aromatic rings. The van der Waals surface area contributed by atoms with E-state index in [9.17, 15) is 0 Å². The van der Waals surface area contributed by atoms with E-state index in [0.717, 1.165) is 17.0 Å². The minimum absolute atomic E-state index is 0.473. The molecule has 0 heterocycles. The van der Waals surface area contributed by atoms with Crippen LogP contribution in [-0.2, 0) is 0 Å². The molecular weight excluding hydrogens is 248 g/mol. The second-order valence-electron chi connectivity index (χ2n) is 4.38. The second-order valence-corrected chi connectivity index (χ2v) is 4.38. The fourth-order valence-electron chi connectivity index (χ4n) is 1.66. The summed E-state index contributed by atoms with van der Waals surface area (Å²) in [6.45, 7) is 6.17. The van der Waals surface area contributed by atoms with E-state index in [4.69, 9.17) is 4.74 Å². The molecule has 0 saturated heterocycles. The van der Waals surface area contributed by atoms with Crippen LogP contribution in [0.3, 0.4) is 0 Å². The summed E-state index contributed by atoms with van der Waals surface area (Å²) >= 11 is 0. The average Bonchev–Trinajstić information content (AvgIpc) is 2.48. The van der Waals surface area contributed by atoms with Crippen molar-refractivity contribution in [3.63, 3.8) is 0 Å². The highest BCUT2D eigenvalue weighted by Gasteiger charge is 1.99. The maximum Gasteiger partial charge on any atom is 0.144 e. The summed E-state index contributed by atoms with van der Waals surface area (Å²) in [7, 11) is 0. The number of hydrogen-bond donors (Lipinski definition) is 1. The van der Waals surface area contributed by atoms with Gasteiger partial charge in [-0.25, -0.2) is 0 Å². The van der Waals surface area contributed by atoms with E-state index in [2.05, 4.69) is 36.2 Å². The molecule has 0 aliphatic carbocycles. The number of aryl methyl sites for hydroxylation is 1. The Morgan fingerprint density at radius 3 is 2.65 bits per heavy atom. The zero-order valence-electron chi connectivity index (χ0n) is 11.5. The minimum Gasteiger partial charge on any atom is -0.487 e. The zero-order chi connectivity index (χ0) is 14.2. The Balaban J connectivity index is 2.02. The summed E-state index contributed by atoms with van der Waals surface area (Å²) < 4.78 is 5.55. The normalized spacial score (nSPS) is 10.4. The summed E-state index contributed by atoms with van der Waals surface area (Å²) in [4.78, 5) is 0. The van der Waals surface area contributed by atoms with Gasteiger partial charge in [0.15, 0.2) is 0 Å². The van der Waals surface area contributed by atoms with Crippen LogP contribution >= 0.6 is 0 Å². The molecule has 0 aromatic heterocycles. The standard InChI is InChI=1S/C17H18N2O/c1-3-12-20-17-7-5-4-6-16(17)19-18-13-15-10-8-14(2)9-11-15/h3-11,13,19H,1,12H2,2H3/b18-13-. The van der Waals surface area contributed by atoms with Gasteiger partial charge < -0.3 is 4.74 Å². The van der Waals surface area contributed by atoms with E-state index in [1.165, 1.54) is 5.56 Å². The third-order valence-electron chi connectivity index (χ3n) is 2.72. The zero-order valence-corrected chi connectivity index (χ0v) is 11.5. The van der Waals surface area contributed by atoms with Gasteiger partial charge in [-0.3, -0.25) is 5.43 Å². The van der Waals surface area contributed by atoms with Crippen molar-refractivity contribution < 1.29 is 4.74 Å². The van der Waals surface area contributed by atoms with Gasteiger partial charge >= 0.3 is 0 Å². The van der Waals surface area contributed by atoms with Crippen LogP contribution < -0.4 is 10.2 Å². The Bertz CT molecular complexity index is 588. The molecule has 0 aliphatic rings. The van der Waals surface area contributed by atoms with Crippen LogP contribution in [-0.4, -0.2) is 12.8 Å². The summed E-state index contributed by atoms with van der Waals surface area (Å²) in [5, 5.41) is 4.23. The van der Waals surface area contributed by atoms with Crippen molar-refractivity contribution in [1.29, 1.82) is 0 Å². The highest BCUT2D eigenvalue weighted by atomic mass is 16.5. The lowest BCUT2D eigenvalue weighted by Gasteiger charge is -2.08. The third kappa shape index (κ3) is 3.99. The number of anilines is 1. The van der Waals surface area contributed by atoms with Crippen molar-refractivity contribution >= 4 is 11.9 Å². The fourth-order valence-corrected chi connectivity index (χ4v) is 1.66. The van der Waals surface area contributed by atoms with Gasteiger partial charge in [0.05, 0.1) is 11.9 Å². The molecule has 0 bridgehead atoms. The van der Waals surface area contributed by atoms with Gasteiger partial charge in [-0.2, -0.15) is 5.10 Å². The minimum atomic E-state index is 0.473. The maximum atomic E-state index is 5.55. The highest BCUT2D eigenvalue weighted by molar-refractivity contribution is 5.80. The summed E-state index contributed by atoms with van der Waals surface area (Å²) in [6, 6.07) is 15.8. The van der Waals surface area contributed by atoms with Gasteiger partial charge in [-0.05, 0) is 24.6 Å². The van der Waals surface area contributed by atoms with E-state index in [1.54, 1.807) is 12.3 Å². The topological polar surface area (TPSA) is 33.6 Å². The summed E-state index contributed by atoms with van der Waals surface area (Å²) in [6.07, 6.45) is 3.50. The quantitative estimate of drug-likeness (QED) is 0.487. The van der Waals surface area contributed by atoms with Crippen LogP contribution in [0.15, 0.2) is 66.3 Å². The van der Waals surface area contributed by atoms with Crippen LogP contribution in [0.5, 0.6) is 5.75 Å². The molecule has 0 aliphatic heterocycles. The molecule has 2 rings (SSSR count). The molecule has 0 spiro atoms. The van der Waals surface area contributed by atoms with Crippen LogP contribution in [0, 0.1) is 6.92 Å². The van der Waals surface area contributed by atoms with Gasteiger partial charge in [0.25, 0.3) is 0 Å². The molecule has 0 radical (unpaired) electrons. The number of nitrogens with zero attached hydrogens (tertiary/aromatic N) is 1. The predicted molar refractivity (Wildman–Crippen MR) is 84.5 cm³/mol. The summed E-state index contributed by atoms with van der Waals surface area (Å²) in [5.41, 5.74) is 6.11. The van der Waals surface area contributed by atoms with Gasteiger partial charge in [-0.1, -0.05) is 54.6 Å². The number of benzene rings is 2. The molecule has 0 atom stereocenters. The Morgan fingerprint density at radius 2 is 1.90 bits per heavy atom. The Kier molecular flexibility index (Phi) is 4.95. The molecule has 0 amide bonds. The average molecular weight is 266 g/mol. The maximum absolute atomic E-state index is 5.55. The molecule has 2 aromatic carbocycles. The van der Waals surface area contributed by atoms with E-state index < -0.39 is 0 Å². The number of hydrogen-bond acceptors (Lipinski definition) is 3. The molecule has 102 valence electrons. The Hall–Kier alpha value is -2.55. The van der Waals surface area contributed by atoms with Gasteiger partial charge in [-0.15, -0.1) is 0 Å². The van der Waals surface area contributed by atoms with Crippen molar-refractivity contribution in [2.24, 2.45) is 5.10 Å². The molecule has 0 saturated carbocycles. The molecule has 0 unspecified atom stereocenters. The van der Waals surface area contributed by atoms with E-state index >= 15 is 0 Å². The number of para-hydroxylation sites is 2. The number of ether oxygens (including phenoxy) is 1. The van der Waals surface area contributed by atoms with E-state index in [-0.39, 0.29) is 0 Å². The van der Waals surface area contributed by atoms with Gasteiger partial charge in [0, 0.05) is 0 Å². The molecule has 3 heteroatoms. The first-order valence-corrected chi connectivity index (χ1v) is 6.48. The smallest absolute Gasteiger partial charge is 0.144 e. The van der Waals surface area contributed by atoms with Crippen molar-refractivity contribution in [1.82, 2.24) is 0 Å². The molecular formula is C17H18N2O. The largest absolute Gasteiger partial charge is 0.487 e. The molecule has 1 N–H and O–H groups in total. The van der Waals surface area contributed by atoms with Gasteiger partial charge in [0.2, 0.25) is 0 Å². The lowest BCUT2D eigenvalue weighted by Crippen LogP contribution is -1.98. The molecule has 0 fully saturated rings. The van der Waals surface area contributed by atoms with Crippen LogP contribution in [0.4, 0.5) is 5.69 Å². The number of nitrogens with one attached hydrogen (secondary N) is 1. The van der Waals surface area contributed by atoms with E-state index in [0.29, 0.717) is 6.61 Å². The van der Waals surface area contributed by atoms with Crippen molar-refractivity contribution in [3.8, 4) is 5.75 Å². The fraction of sp³-hybridized carbons (Fsp3) is 0.118. The Labute approximate surface area is 119 Å². The van der Waals surface area contributed by atoms with E-state index in [1.807, 2.05) is 36.4 Å². The van der Waals surface area contributed by atoms with Crippen molar-refractivity contribution in [2.45, 2.75) is 6.92 Å². The predicted octanol–water partition coefficient (Wildman–Crippen LogP) is 4.01. The molecule has 20 heavy (non-hydrogen) atoms. The number of rotatable bonds is 6. The van der Waals surface area contributed by atoms with Gasteiger partial charge in [0.1, 0.15) is 12.4 Å². The van der Waals surface area contributed by atoms with Crippen molar-refractivity contribution in [3.05, 3.63) is 72.3 Å². The van der Waals surface area contributed by atoms with Crippen LogP contribution in [0.1, 0.15) is 11.1 Å². The van der Waals surface area contributed by atoms with Crippen molar-refractivity contribution in [2.75, 3.05) is 12.0 Å². The van der Waals surface area contributed by atoms with Crippen LogP contribution in [0.2, 0.25) is 0 Å². The SMILES string of the molecule is C=CCOc1ccccc1N/N=C\c1ccc(C)cc1. The Morgan fingerprint density at radius 1 is 1.15 bits per heavy atom. The highest BCUT2D eigenvalue weighted by Crippen LogP contribution is 2.23. The third-order valence-corrected chi connectivity index (χ3v) is 2.72. The monoisotopic (exact) mass is 266 g/mol. The second kappa shape index (κ2) is 7.14. The van der Waals surface area contributed by atoms with Crippen LogP contribution in [0.25, 0.3) is 0 Å². The lowest BCUT2D eigenvalue weighted by atomic mass is 10.2. The first-order chi connectivity index (χ1) is 9.79. The number of hydrazone groups is 1. The first-order valence-electron chi connectivity index (χ1n) is 6.48. The molecule has 3 nitrogen and oxygen atoms in total. The lowest BCUT2D eigenvalue weighted by molar-refractivity contribution is 0.365. The first kappa shape index (κ1) is 13.9. The summed E-state index contributed by atoms with van der Waals surface area (Å²) in [5.74, 6) is 0.758.